The molecule has 0 aliphatic heterocycles. The van der Waals surface area contributed by atoms with E-state index in [4.69, 9.17) is 4.89 Å². The zero-order valence-corrected chi connectivity index (χ0v) is 9.49. The summed E-state index contributed by atoms with van der Waals surface area (Å²) >= 11 is 0. The van der Waals surface area contributed by atoms with Crippen molar-refractivity contribution in [1.82, 2.24) is 0 Å². The number of carbonyl (C=O) groups is 1. The summed E-state index contributed by atoms with van der Waals surface area (Å²) in [6.45, 7) is 0. The summed E-state index contributed by atoms with van der Waals surface area (Å²) in [5, 5.41) is 0. The largest absolute Gasteiger partial charge is 0.460 e. The third-order valence-electron chi connectivity index (χ3n) is 1.61. The van der Waals surface area contributed by atoms with E-state index in [0.29, 0.717) is 0 Å². The summed E-state index contributed by atoms with van der Waals surface area (Å²) in [6.07, 6.45) is -7.13. The van der Waals surface area contributed by atoms with Crippen LogP contribution in [0.25, 0.3) is 0 Å². The molecule has 20 heavy (non-hydrogen) atoms. The second-order valence-electron chi connectivity index (χ2n) is 3.16. The molecule has 0 saturated heterocycles. The monoisotopic (exact) mass is 343 g/mol. The average Bonchev–Trinajstić information content (AvgIpc) is 2.12. The number of hydrogen-bond donors (Lipinski definition) is 2. The van der Waals surface area contributed by atoms with Gasteiger partial charge in [0.25, 0.3) is 0 Å². The fraction of sp³-hybridized carbons (Fsp3) is 0.800. The van der Waals surface area contributed by atoms with Crippen molar-refractivity contribution < 1.29 is 58.3 Å². The summed E-state index contributed by atoms with van der Waals surface area (Å²) in [5.74, 6) is -25.2. The Labute approximate surface area is 103 Å². The van der Waals surface area contributed by atoms with Gasteiger partial charge in [0.2, 0.25) is 0 Å². The number of hydrogen-bond acceptors (Lipinski definition) is 3. The van der Waals surface area contributed by atoms with Crippen molar-refractivity contribution in [3.63, 3.8) is 0 Å². The van der Waals surface area contributed by atoms with E-state index in [1.807, 2.05) is 0 Å². The zero-order valence-electron chi connectivity index (χ0n) is 8.60. The van der Waals surface area contributed by atoms with Gasteiger partial charge >= 0.3 is 37.7 Å². The van der Waals surface area contributed by atoms with Gasteiger partial charge in [-0.3, -0.25) is 0 Å². The second kappa shape index (κ2) is 4.77. The molecule has 0 radical (unpaired) electrons. The molecule has 0 heterocycles. The maximum atomic E-state index is 12.7. The van der Waals surface area contributed by atoms with Crippen LogP contribution in [0.15, 0.2) is 0 Å². The fourth-order valence-corrected chi connectivity index (χ4v) is 1.03. The fourth-order valence-electron chi connectivity index (χ4n) is 0.679. The molecule has 0 amide bonds. The van der Waals surface area contributed by atoms with Gasteiger partial charge in [-0.2, -0.15) is 39.5 Å². The molecule has 0 saturated carbocycles. The minimum absolute atomic E-state index is 2.62. The standard InChI is InChI=1S/C5H3F9NO4P/c6-2(7,1(16)19-20(15,17)18)3(8,9)4(10,11)5(12,13)14/h(H3,15,17,18). The van der Waals surface area contributed by atoms with Crippen molar-refractivity contribution in [2.75, 3.05) is 0 Å². The number of nitrogens with two attached hydrogens (primary N) is 1. The van der Waals surface area contributed by atoms with Crippen LogP contribution in [-0.2, 0) is 13.9 Å². The van der Waals surface area contributed by atoms with E-state index in [1.165, 1.54) is 0 Å². The van der Waals surface area contributed by atoms with Crippen LogP contribution >= 0.6 is 7.75 Å². The first-order valence-corrected chi connectivity index (χ1v) is 5.58. The highest BCUT2D eigenvalue weighted by atomic mass is 31.2. The quantitative estimate of drug-likeness (QED) is 0.602. The Balaban J connectivity index is 5.70. The van der Waals surface area contributed by atoms with Crippen molar-refractivity contribution in [3.05, 3.63) is 0 Å². The van der Waals surface area contributed by atoms with Gasteiger partial charge in [0, 0.05) is 0 Å². The minimum atomic E-state index is -7.32. The number of alkyl halides is 9. The molecule has 120 valence electrons. The van der Waals surface area contributed by atoms with Crippen molar-refractivity contribution in [2.24, 2.45) is 5.50 Å². The molecule has 0 aliphatic carbocycles. The number of halogens is 9. The summed E-state index contributed by atoms with van der Waals surface area (Å²) < 4.78 is 123. The molecule has 0 bridgehead atoms. The van der Waals surface area contributed by atoms with E-state index >= 15 is 0 Å². The Hall–Kier alpha value is -1.01. The van der Waals surface area contributed by atoms with Crippen LogP contribution in [0.3, 0.4) is 0 Å². The second-order valence-corrected chi connectivity index (χ2v) is 4.47. The predicted molar refractivity (Wildman–Crippen MR) is 41.0 cm³/mol. The summed E-state index contributed by atoms with van der Waals surface area (Å²) in [7, 11) is -5.67. The van der Waals surface area contributed by atoms with Crippen LogP contribution in [0, 0.1) is 0 Å². The van der Waals surface area contributed by atoms with Gasteiger partial charge in [0.15, 0.2) is 0 Å². The van der Waals surface area contributed by atoms with Crippen LogP contribution in [0.5, 0.6) is 0 Å². The first-order chi connectivity index (χ1) is 8.38. The Morgan fingerprint density at radius 1 is 0.950 bits per heavy atom. The highest BCUT2D eigenvalue weighted by Gasteiger charge is 2.84. The summed E-state index contributed by atoms with van der Waals surface area (Å²) in [6, 6.07) is 0. The lowest BCUT2D eigenvalue weighted by Gasteiger charge is -2.32. The highest BCUT2D eigenvalue weighted by Crippen LogP contribution is 2.54. The van der Waals surface area contributed by atoms with Gasteiger partial charge in [-0.1, -0.05) is 0 Å². The zero-order chi connectivity index (χ0) is 16.8. The van der Waals surface area contributed by atoms with Crippen LogP contribution < -0.4 is 5.50 Å². The van der Waals surface area contributed by atoms with E-state index in [0.717, 1.165) is 0 Å². The average molecular weight is 343 g/mol. The molecule has 0 aromatic carbocycles. The smallest absolute Gasteiger partial charge is 0.375 e. The van der Waals surface area contributed by atoms with Crippen molar-refractivity contribution in [1.29, 1.82) is 0 Å². The first-order valence-electron chi connectivity index (χ1n) is 3.93. The van der Waals surface area contributed by atoms with E-state index in [-0.39, 0.29) is 0 Å². The molecule has 0 rings (SSSR count). The Morgan fingerprint density at radius 2 is 1.30 bits per heavy atom. The lowest BCUT2D eigenvalue weighted by molar-refractivity contribution is -0.390. The van der Waals surface area contributed by atoms with Crippen molar-refractivity contribution >= 4 is 13.7 Å². The highest BCUT2D eigenvalue weighted by molar-refractivity contribution is 7.50. The Kier molecular flexibility index (Phi) is 4.53. The normalized spacial score (nSPS) is 17.6. The van der Waals surface area contributed by atoms with E-state index < -0.39 is 37.7 Å². The van der Waals surface area contributed by atoms with Gasteiger partial charge in [0.1, 0.15) is 0 Å². The Bertz CT molecular complexity index is 440. The van der Waals surface area contributed by atoms with E-state index in [1.54, 1.807) is 0 Å². The minimum Gasteiger partial charge on any atom is -0.375 e. The molecule has 0 aromatic heterocycles. The van der Waals surface area contributed by atoms with Crippen LogP contribution in [0.2, 0.25) is 0 Å². The molecule has 0 aliphatic rings. The van der Waals surface area contributed by atoms with Gasteiger partial charge < -0.3 is 9.42 Å². The maximum Gasteiger partial charge on any atom is 0.460 e. The third-order valence-corrected chi connectivity index (χ3v) is 2.04. The molecular formula is C5H3F9NO4P. The summed E-state index contributed by atoms with van der Waals surface area (Å²) in [4.78, 5) is 18.4. The molecule has 3 N–H and O–H groups in total. The first kappa shape index (κ1) is 19.0. The molecule has 1 atom stereocenters. The van der Waals surface area contributed by atoms with Gasteiger partial charge in [-0.05, 0) is 0 Å². The molecule has 5 nitrogen and oxygen atoms in total. The van der Waals surface area contributed by atoms with Crippen molar-refractivity contribution in [2.45, 2.75) is 23.9 Å². The molecule has 0 spiro atoms. The summed E-state index contributed by atoms with van der Waals surface area (Å²) in [5.41, 5.74) is 3.95. The van der Waals surface area contributed by atoms with E-state index in [2.05, 4.69) is 10.0 Å². The van der Waals surface area contributed by atoms with Gasteiger partial charge in [-0.25, -0.2) is 14.9 Å². The van der Waals surface area contributed by atoms with Gasteiger partial charge in [0.05, 0.1) is 0 Å². The SMILES string of the molecule is NP(=O)(O)OC(=O)C(F)(F)C(F)(F)C(F)(F)C(F)(F)F. The number of carbonyl (C=O) groups excluding carboxylic acids is 1. The lowest BCUT2D eigenvalue weighted by atomic mass is 10.0. The molecular weight excluding hydrogens is 340 g/mol. The van der Waals surface area contributed by atoms with Crippen LogP contribution in [0.1, 0.15) is 0 Å². The van der Waals surface area contributed by atoms with Crippen LogP contribution in [-0.4, -0.2) is 34.8 Å². The van der Waals surface area contributed by atoms with Crippen molar-refractivity contribution in [3.8, 4) is 0 Å². The van der Waals surface area contributed by atoms with Crippen LogP contribution in [0.4, 0.5) is 39.5 Å². The lowest BCUT2D eigenvalue weighted by Crippen LogP contribution is -2.63. The Morgan fingerprint density at radius 3 is 1.55 bits per heavy atom. The van der Waals surface area contributed by atoms with E-state index in [9.17, 15) is 48.9 Å². The number of rotatable bonds is 4. The maximum absolute atomic E-state index is 12.7. The molecule has 0 aromatic rings. The predicted octanol–water partition coefficient (Wildman–Crippen LogP) is 2.06. The third kappa shape index (κ3) is 3.17. The topological polar surface area (TPSA) is 89.6 Å². The van der Waals surface area contributed by atoms with Gasteiger partial charge in [-0.15, -0.1) is 0 Å². The molecule has 1 unspecified atom stereocenters. The molecule has 0 fully saturated rings. The molecule has 15 heteroatoms.